The third kappa shape index (κ3) is 4.45. The fourth-order valence-electron chi connectivity index (χ4n) is 3.91. The normalized spacial score (nSPS) is 17.1. The number of carbonyl (C=O) groups excluding carboxylic acids is 1. The minimum atomic E-state index is -0.816. The second-order valence-electron chi connectivity index (χ2n) is 7.60. The van der Waals surface area contributed by atoms with Gasteiger partial charge >= 0.3 is 0 Å². The Kier molecular flexibility index (Phi) is 5.78. The lowest BCUT2D eigenvalue weighted by molar-refractivity contribution is -0.123. The molecule has 0 radical (unpaired) electrons. The van der Waals surface area contributed by atoms with Crippen molar-refractivity contribution in [3.8, 4) is 10.4 Å². The summed E-state index contributed by atoms with van der Waals surface area (Å²) in [6, 6.07) is 8.30. The van der Waals surface area contributed by atoms with Crippen LogP contribution in [0.2, 0.25) is 0 Å². The highest BCUT2D eigenvalue weighted by atomic mass is 32.1. The van der Waals surface area contributed by atoms with Crippen LogP contribution in [-0.4, -0.2) is 46.5 Å². The van der Waals surface area contributed by atoms with Gasteiger partial charge in [-0.05, 0) is 55.9 Å². The highest BCUT2D eigenvalue weighted by molar-refractivity contribution is 7.13. The van der Waals surface area contributed by atoms with Gasteiger partial charge in [-0.2, -0.15) is 0 Å². The van der Waals surface area contributed by atoms with Gasteiger partial charge in [0.05, 0.1) is 10.4 Å². The van der Waals surface area contributed by atoms with Gasteiger partial charge in [0.25, 0.3) is 0 Å². The summed E-state index contributed by atoms with van der Waals surface area (Å²) in [7, 11) is 0. The van der Waals surface area contributed by atoms with Crippen LogP contribution in [0.5, 0.6) is 0 Å². The molecule has 0 bridgehead atoms. The standard InChI is InChI=1S/C22H24FN3OS/c1-15(23)13-26-6-4-16(5-7-26)21(27)10-20-9-19-8-17(22-12-24-14-28-22)2-3-18(19)11-25-20/h2-3,8-9,11-12,14-16H,4-7,10,13H2,1H3/t15-/m1/s1. The van der Waals surface area contributed by atoms with Crippen molar-refractivity contribution >= 4 is 27.9 Å². The first-order valence-electron chi connectivity index (χ1n) is 9.75. The van der Waals surface area contributed by atoms with Gasteiger partial charge in [0.15, 0.2) is 0 Å². The molecule has 4 rings (SSSR count). The number of carbonyl (C=O) groups is 1. The first-order valence-corrected chi connectivity index (χ1v) is 10.6. The number of likely N-dealkylation sites (tertiary alicyclic amines) is 1. The zero-order chi connectivity index (χ0) is 19.5. The molecule has 2 aromatic heterocycles. The first-order chi connectivity index (χ1) is 13.6. The Morgan fingerprint density at radius 1 is 1.25 bits per heavy atom. The lowest BCUT2D eigenvalue weighted by Crippen LogP contribution is -2.39. The quantitative estimate of drug-likeness (QED) is 0.613. The van der Waals surface area contributed by atoms with Gasteiger partial charge < -0.3 is 4.90 Å². The van der Waals surface area contributed by atoms with Crippen LogP contribution >= 0.6 is 11.3 Å². The topological polar surface area (TPSA) is 46.1 Å². The fourth-order valence-corrected chi connectivity index (χ4v) is 4.53. The van der Waals surface area contributed by atoms with E-state index in [1.807, 2.05) is 24.0 Å². The van der Waals surface area contributed by atoms with E-state index in [4.69, 9.17) is 0 Å². The van der Waals surface area contributed by atoms with E-state index in [0.29, 0.717) is 13.0 Å². The van der Waals surface area contributed by atoms with Crippen molar-refractivity contribution < 1.29 is 9.18 Å². The molecule has 146 valence electrons. The number of alkyl halides is 1. The summed E-state index contributed by atoms with van der Waals surface area (Å²) < 4.78 is 13.2. The van der Waals surface area contributed by atoms with E-state index < -0.39 is 6.17 Å². The molecule has 0 unspecified atom stereocenters. The van der Waals surface area contributed by atoms with Crippen molar-refractivity contribution in [3.63, 3.8) is 0 Å². The number of halogens is 1. The van der Waals surface area contributed by atoms with Crippen molar-refractivity contribution in [2.24, 2.45) is 5.92 Å². The maximum Gasteiger partial charge on any atom is 0.142 e. The number of nitrogens with zero attached hydrogens (tertiary/aromatic N) is 3. The summed E-state index contributed by atoms with van der Waals surface area (Å²) in [6.07, 6.45) is 4.89. The molecular weight excluding hydrogens is 373 g/mol. The number of hydrogen-bond donors (Lipinski definition) is 0. The molecule has 3 aromatic rings. The molecule has 1 aromatic carbocycles. The third-order valence-corrected chi connectivity index (χ3v) is 6.23. The smallest absolute Gasteiger partial charge is 0.142 e. The molecule has 1 atom stereocenters. The second kappa shape index (κ2) is 8.45. The van der Waals surface area contributed by atoms with Gasteiger partial charge in [-0.25, -0.2) is 4.39 Å². The Morgan fingerprint density at radius 3 is 2.79 bits per heavy atom. The zero-order valence-electron chi connectivity index (χ0n) is 16.0. The molecule has 1 fully saturated rings. The molecule has 0 amide bonds. The van der Waals surface area contributed by atoms with Crippen molar-refractivity contribution in [1.82, 2.24) is 14.9 Å². The summed E-state index contributed by atoms with van der Waals surface area (Å²) in [5.41, 5.74) is 3.78. The van der Waals surface area contributed by atoms with E-state index >= 15 is 0 Å². The molecule has 0 spiro atoms. The molecule has 0 saturated carbocycles. The van der Waals surface area contributed by atoms with Gasteiger partial charge in [0.1, 0.15) is 12.0 Å². The molecule has 3 heterocycles. The fraction of sp³-hybridized carbons (Fsp3) is 0.409. The molecule has 1 aliphatic rings. The lowest BCUT2D eigenvalue weighted by Gasteiger charge is -2.31. The summed E-state index contributed by atoms with van der Waals surface area (Å²) >= 11 is 1.61. The van der Waals surface area contributed by atoms with E-state index in [-0.39, 0.29) is 11.7 Å². The SMILES string of the molecule is C[C@@H](F)CN1CCC(C(=O)Cc2cc3cc(-c4cncs4)ccc3cn2)CC1. The van der Waals surface area contributed by atoms with E-state index in [1.165, 1.54) is 0 Å². The Bertz CT molecular complexity index is 950. The van der Waals surface area contributed by atoms with Gasteiger partial charge in [-0.3, -0.25) is 14.8 Å². The van der Waals surface area contributed by atoms with Crippen molar-refractivity contribution in [1.29, 1.82) is 0 Å². The number of hydrogen-bond acceptors (Lipinski definition) is 5. The van der Waals surface area contributed by atoms with Crippen LogP contribution in [0.15, 0.2) is 42.2 Å². The van der Waals surface area contributed by atoms with Crippen LogP contribution in [-0.2, 0) is 11.2 Å². The highest BCUT2D eigenvalue weighted by Gasteiger charge is 2.25. The monoisotopic (exact) mass is 397 g/mol. The average molecular weight is 398 g/mol. The van der Waals surface area contributed by atoms with E-state index in [1.54, 1.807) is 18.3 Å². The van der Waals surface area contributed by atoms with Crippen molar-refractivity contribution in [3.05, 3.63) is 47.9 Å². The van der Waals surface area contributed by atoms with Crippen LogP contribution in [0.3, 0.4) is 0 Å². The van der Waals surface area contributed by atoms with Crippen molar-refractivity contribution in [2.45, 2.75) is 32.4 Å². The van der Waals surface area contributed by atoms with Gasteiger partial charge in [-0.1, -0.05) is 12.1 Å². The van der Waals surface area contributed by atoms with Crippen molar-refractivity contribution in [2.75, 3.05) is 19.6 Å². The minimum Gasteiger partial charge on any atom is -0.300 e. The Morgan fingerprint density at radius 2 is 2.07 bits per heavy atom. The Balaban J connectivity index is 1.43. The number of piperidine rings is 1. The van der Waals surface area contributed by atoms with Crippen LogP contribution in [0.25, 0.3) is 21.2 Å². The Hall–Kier alpha value is -2.18. The number of fused-ring (bicyclic) bond motifs is 1. The average Bonchev–Trinajstić information content (AvgIpc) is 3.22. The Labute approximate surface area is 168 Å². The van der Waals surface area contributed by atoms with Crippen LogP contribution in [0.4, 0.5) is 4.39 Å². The number of thiazole rings is 1. The number of pyridine rings is 1. The van der Waals surface area contributed by atoms with Gasteiger partial charge in [-0.15, -0.1) is 11.3 Å². The molecule has 6 heteroatoms. The number of ketones is 1. The largest absolute Gasteiger partial charge is 0.300 e. The predicted molar refractivity (Wildman–Crippen MR) is 111 cm³/mol. The second-order valence-corrected chi connectivity index (χ2v) is 8.49. The molecule has 28 heavy (non-hydrogen) atoms. The van der Waals surface area contributed by atoms with E-state index in [2.05, 4.69) is 33.1 Å². The molecule has 1 saturated heterocycles. The summed E-state index contributed by atoms with van der Waals surface area (Å²) in [5, 5.41) is 2.16. The van der Waals surface area contributed by atoms with Crippen LogP contribution in [0, 0.1) is 5.92 Å². The maximum atomic E-state index is 13.2. The number of benzene rings is 1. The molecular formula is C22H24FN3OS. The van der Waals surface area contributed by atoms with Crippen LogP contribution in [0.1, 0.15) is 25.5 Å². The van der Waals surface area contributed by atoms with E-state index in [9.17, 15) is 9.18 Å². The van der Waals surface area contributed by atoms with E-state index in [0.717, 1.165) is 52.8 Å². The summed E-state index contributed by atoms with van der Waals surface area (Å²) in [5.74, 6) is 0.311. The van der Waals surface area contributed by atoms with Gasteiger partial charge in [0, 0.05) is 42.4 Å². The summed E-state index contributed by atoms with van der Waals surface area (Å²) in [4.78, 5) is 24.6. The highest BCUT2D eigenvalue weighted by Crippen LogP contribution is 2.27. The molecule has 4 nitrogen and oxygen atoms in total. The van der Waals surface area contributed by atoms with Gasteiger partial charge in [0.2, 0.25) is 0 Å². The number of Topliss-reactive ketones (excluding diaryl/α,β-unsaturated/α-hetero) is 1. The van der Waals surface area contributed by atoms with Crippen LogP contribution < -0.4 is 0 Å². The zero-order valence-corrected chi connectivity index (χ0v) is 16.8. The maximum absolute atomic E-state index is 13.2. The number of rotatable bonds is 6. The lowest BCUT2D eigenvalue weighted by atomic mass is 9.90. The predicted octanol–water partition coefficient (Wildman–Crippen LogP) is 4.54. The minimum absolute atomic E-state index is 0.0622. The molecule has 0 N–H and O–H groups in total. The molecule has 1 aliphatic heterocycles. The number of aromatic nitrogens is 2. The first kappa shape index (κ1) is 19.2. The summed E-state index contributed by atoms with van der Waals surface area (Å²) in [6.45, 7) is 3.65. The molecule has 0 aliphatic carbocycles. The third-order valence-electron chi connectivity index (χ3n) is 5.40.